The molecule has 1 aromatic rings. The van der Waals surface area contributed by atoms with Gasteiger partial charge in [0, 0.05) is 26.7 Å². The van der Waals surface area contributed by atoms with E-state index in [2.05, 4.69) is 15.2 Å². The maximum absolute atomic E-state index is 11.9. The van der Waals surface area contributed by atoms with Crippen molar-refractivity contribution in [3.63, 3.8) is 0 Å². The Morgan fingerprint density at radius 1 is 1.33 bits per heavy atom. The number of hydrogen-bond acceptors (Lipinski definition) is 5. The number of aliphatic imine (C=N–C) groups is 1. The molecule has 0 bridgehead atoms. The fourth-order valence-corrected chi connectivity index (χ4v) is 3.00. The highest BCUT2D eigenvalue weighted by Crippen LogP contribution is 2.19. The minimum Gasteiger partial charge on any atom is -0.484 e. The summed E-state index contributed by atoms with van der Waals surface area (Å²) in [6.07, 6.45) is 1.52. The zero-order valence-electron chi connectivity index (χ0n) is 15.9. The molecule has 8 nitrogen and oxygen atoms in total. The third kappa shape index (κ3) is 6.47. The summed E-state index contributed by atoms with van der Waals surface area (Å²) >= 11 is 0. The third-order valence-electron chi connectivity index (χ3n) is 4.36. The fraction of sp³-hybridized carbons (Fsp3) is 0.526. The summed E-state index contributed by atoms with van der Waals surface area (Å²) in [5.74, 6) is 0.746. The van der Waals surface area contributed by atoms with Crippen molar-refractivity contribution in [2.45, 2.75) is 26.3 Å². The number of primary amides is 1. The molecule has 1 heterocycles. The van der Waals surface area contributed by atoms with E-state index < -0.39 is 5.91 Å². The van der Waals surface area contributed by atoms with Gasteiger partial charge in [-0.05, 0) is 37.5 Å². The van der Waals surface area contributed by atoms with Crippen molar-refractivity contribution in [3.8, 4) is 5.75 Å². The SMILES string of the molecule is CCOC(=O)C1CCN(C(=NC)NCc2cccc(OCC(N)=O)c2)CC1. The first-order valence-electron chi connectivity index (χ1n) is 9.15. The quantitative estimate of drug-likeness (QED) is 0.416. The lowest BCUT2D eigenvalue weighted by Crippen LogP contribution is -2.46. The number of guanidine groups is 1. The van der Waals surface area contributed by atoms with Gasteiger partial charge >= 0.3 is 5.97 Å². The van der Waals surface area contributed by atoms with Gasteiger partial charge in [0.15, 0.2) is 12.6 Å². The van der Waals surface area contributed by atoms with Crippen molar-refractivity contribution in [1.29, 1.82) is 0 Å². The molecule has 1 aliphatic heterocycles. The van der Waals surface area contributed by atoms with Gasteiger partial charge in [0.1, 0.15) is 5.75 Å². The second kappa shape index (κ2) is 10.4. The number of benzene rings is 1. The molecule has 0 atom stereocenters. The number of nitrogens with two attached hydrogens (primary N) is 1. The molecule has 148 valence electrons. The molecule has 1 aliphatic rings. The number of esters is 1. The van der Waals surface area contributed by atoms with E-state index in [0.29, 0.717) is 18.9 Å². The predicted molar refractivity (Wildman–Crippen MR) is 102 cm³/mol. The van der Waals surface area contributed by atoms with E-state index in [-0.39, 0.29) is 18.5 Å². The molecule has 1 saturated heterocycles. The molecule has 0 unspecified atom stereocenters. The Morgan fingerprint density at radius 2 is 2.07 bits per heavy atom. The predicted octanol–water partition coefficient (Wildman–Crippen LogP) is 0.901. The number of carbonyl (C=O) groups excluding carboxylic acids is 2. The normalized spacial score (nSPS) is 15.3. The smallest absolute Gasteiger partial charge is 0.309 e. The summed E-state index contributed by atoms with van der Waals surface area (Å²) in [6, 6.07) is 7.46. The molecule has 0 saturated carbocycles. The summed E-state index contributed by atoms with van der Waals surface area (Å²) in [4.78, 5) is 29.2. The van der Waals surface area contributed by atoms with Crippen molar-refractivity contribution in [2.75, 3.05) is 33.4 Å². The second-order valence-corrected chi connectivity index (χ2v) is 6.32. The molecule has 1 amide bonds. The molecule has 27 heavy (non-hydrogen) atoms. The van der Waals surface area contributed by atoms with E-state index in [1.165, 1.54) is 0 Å². The van der Waals surface area contributed by atoms with Gasteiger partial charge < -0.3 is 25.4 Å². The first-order chi connectivity index (χ1) is 13.0. The molecule has 0 radical (unpaired) electrons. The molecular formula is C19H28N4O4. The lowest BCUT2D eigenvalue weighted by Gasteiger charge is -2.33. The maximum atomic E-state index is 11.9. The number of amides is 1. The van der Waals surface area contributed by atoms with Gasteiger partial charge in [-0.3, -0.25) is 14.6 Å². The highest BCUT2D eigenvalue weighted by atomic mass is 16.5. The van der Waals surface area contributed by atoms with Crippen LogP contribution in [0.15, 0.2) is 29.3 Å². The number of nitrogens with zero attached hydrogens (tertiary/aromatic N) is 2. The van der Waals surface area contributed by atoms with Gasteiger partial charge in [-0.15, -0.1) is 0 Å². The average Bonchev–Trinajstić information content (AvgIpc) is 2.68. The summed E-state index contributed by atoms with van der Waals surface area (Å²) in [7, 11) is 1.74. The summed E-state index contributed by atoms with van der Waals surface area (Å²) in [5, 5.41) is 3.33. The lowest BCUT2D eigenvalue weighted by molar-refractivity contribution is -0.149. The molecule has 0 spiro atoms. The number of likely N-dealkylation sites (tertiary alicyclic amines) is 1. The van der Waals surface area contributed by atoms with Gasteiger partial charge in [0.25, 0.3) is 5.91 Å². The zero-order chi connectivity index (χ0) is 19.6. The van der Waals surface area contributed by atoms with Crippen LogP contribution in [0.5, 0.6) is 5.75 Å². The Hall–Kier alpha value is -2.77. The van der Waals surface area contributed by atoms with E-state index in [0.717, 1.165) is 37.5 Å². The fourth-order valence-electron chi connectivity index (χ4n) is 3.00. The molecule has 2 rings (SSSR count). The van der Waals surface area contributed by atoms with E-state index >= 15 is 0 Å². The largest absolute Gasteiger partial charge is 0.484 e. The number of rotatable bonds is 7. The molecule has 1 fully saturated rings. The summed E-state index contributed by atoms with van der Waals surface area (Å²) in [5.41, 5.74) is 6.10. The van der Waals surface area contributed by atoms with Crippen LogP contribution in [-0.2, 0) is 20.9 Å². The highest BCUT2D eigenvalue weighted by Gasteiger charge is 2.27. The van der Waals surface area contributed by atoms with E-state index in [1.54, 1.807) is 13.1 Å². The average molecular weight is 376 g/mol. The van der Waals surface area contributed by atoms with Crippen LogP contribution in [0, 0.1) is 5.92 Å². The van der Waals surface area contributed by atoms with Crippen molar-refractivity contribution < 1.29 is 19.1 Å². The third-order valence-corrected chi connectivity index (χ3v) is 4.36. The Morgan fingerprint density at radius 3 is 2.70 bits per heavy atom. The second-order valence-electron chi connectivity index (χ2n) is 6.32. The maximum Gasteiger partial charge on any atom is 0.309 e. The Balaban J connectivity index is 1.85. The summed E-state index contributed by atoms with van der Waals surface area (Å²) < 4.78 is 10.4. The summed E-state index contributed by atoms with van der Waals surface area (Å²) in [6.45, 7) is 4.18. The molecular weight excluding hydrogens is 348 g/mol. The van der Waals surface area contributed by atoms with Gasteiger partial charge in [-0.1, -0.05) is 12.1 Å². The lowest BCUT2D eigenvalue weighted by atomic mass is 9.97. The Kier molecular flexibility index (Phi) is 7.91. The zero-order valence-corrected chi connectivity index (χ0v) is 15.9. The van der Waals surface area contributed by atoms with Crippen LogP contribution in [0.2, 0.25) is 0 Å². The van der Waals surface area contributed by atoms with Crippen LogP contribution >= 0.6 is 0 Å². The molecule has 0 aromatic heterocycles. The first-order valence-corrected chi connectivity index (χ1v) is 9.15. The van der Waals surface area contributed by atoms with Crippen LogP contribution in [0.4, 0.5) is 0 Å². The van der Waals surface area contributed by atoms with Crippen molar-refractivity contribution in [1.82, 2.24) is 10.2 Å². The van der Waals surface area contributed by atoms with E-state index in [9.17, 15) is 9.59 Å². The van der Waals surface area contributed by atoms with Crippen LogP contribution in [0.3, 0.4) is 0 Å². The standard InChI is InChI=1S/C19H28N4O4/c1-3-26-18(25)15-7-9-23(10-8-15)19(21-2)22-12-14-5-4-6-16(11-14)27-13-17(20)24/h4-6,11,15H,3,7-10,12-13H2,1-2H3,(H2,20,24)(H,21,22). The topological polar surface area (TPSA) is 106 Å². The van der Waals surface area contributed by atoms with E-state index in [4.69, 9.17) is 15.2 Å². The van der Waals surface area contributed by atoms with Crippen LogP contribution in [0.25, 0.3) is 0 Å². The number of piperidine rings is 1. The number of carbonyl (C=O) groups is 2. The molecule has 3 N–H and O–H groups in total. The van der Waals surface area contributed by atoms with Crippen molar-refractivity contribution >= 4 is 17.8 Å². The monoisotopic (exact) mass is 376 g/mol. The molecule has 0 aliphatic carbocycles. The minimum atomic E-state index is -0.509. The number of ether oxygens (including phenoxy) is 2. The van der Waals surface area contributed by atoms with Crippen LogP contribution in [0.1, 0.15) is 25.3 Å². The van der Waals surface area contributed by atoms with E-state index in [1.807, 2.05) is 25.1 Å². The van der Waals surface area contributed by atoms with Gasteiger partial charge in [0.05, 0.1) is 12.5 Å². The number of nitrogens with one attached hydrogen (secondary N) is 1. The van der Waals surface area contributed by atoms with Gasteiger partial charge in [-0.2, -0.15) is 0 Å². The molecule has 8 heteroatoms. The van der Waals surface area contributed by atoms with Gasteiger partial charge in [0.2, 0.25) is 0 Å². The number of hydrogen-bond donors (Lipinski definition) is 2. The van der Waals surface area contributed by atoms with Crippen molar-refractivity contribution in [3.05, 3.63) is 29.8 Å². The molecule has 1 aromatic carbocycles. The Bertz CT molecular complexity index is 669. The van der Waals surface area contributed by atoms with Gasteiger partial charge in [-0.25, -0.2) is 0 Å². The highest BCUT2D eigenvalue weighted by molar-refractivity contribution is 5.80. The van der Waals surface area contributed by atoms with Crippen LogP contribution in [-0.4, -0.2) is 56.1 Å². The minimum absolute atomic E-state index is 0.0293. The van der Waals surface area contributed by atoms with Crippen molar-refractivity contribution in [2.24, 2.45) is 16.6 Å². The Labute approximate surface area is 159 Å². The van der Waals surface area contributed by atoms with Crippen LogP contribution < -0.4 is 15.8 Å². The first kappa shape index (κ1) is 20.5.